The van der Waals surface area contributed by atoms with Gasteiger partial charge in [-0.3, -0.25) is 10.1 Å². The van der Waals surface area contributed by atoms with Crippen molar-refractivity contribution in [3.05, 3.63) is 80.7 Å². The van der Waals surface area contributed by atoms with E-state index in [1.807, 2.05) is 25.1 Å². The van der Waals surface area contributed by atoms with E-state index in [4.69, 9.17) is 11.6 Å². The molecule has 1 aromatic carbocycles. The van der Waals surface area contributed by atoms with Gasteiger partial charge in [-0.2, -0.15) is 4.73 Å². The average molecular weight is 360 g/mol. The van der Waals surface area contributed by atoms with Crippen LogP contribution in [0.25, 0.3) is 0 Å². The van der Waals surface area contributed by atoms with E-state index < -0.39 is 5.91 Å². The molecule has 5 nitrogen and oxygen atoms in total. The molecule has 7 heteroatoms. The topological polar surface area (TPSA) is 68.9 Å². The highest BCUT2D eigenvalue weighted by Crippen LogP contribution is 2.24. The number of nitrogens with one attached hydrogen (secondary N) is 1. The van der Waals surface area contributed by atoms with Gasteiger partial charge >= 0.3 is 5.91 Å². The molecule has 1 N–H and O–H groups in total. The minimum atomic E-state index is -0.482. The molecule has 0 bridgehead atoms. The molecule has 0 aliphatic carbocycles. The minimum absolute atomic E-state index is 0.0274. The van der Waals surface area contributed by atoms with Crippen molar-refractivity contribution in [2.45, 2.75) is 13.3 Å². The fourth-order valence-corrected chi connectivity index (χ4v) is 3.20. The normalized spacial score (nSPS) is 10.6. The summed E-state index contributed by atoms with van der Waals surface area (Å²) in [5.41, 5.74) is 2.14. The van der Waals surface area contributed by atoms with Crippen molar-refractivity contribution in [3.63, 3.8) is 0 Å². The summed E-state index contributed by atoms with van der Waals surface area (Å²) in [4.78, 5) is 17.3. The van der Waals surface area contributed by atoms with Crippen LogP contribution in [0.3, 0.4) is 0 Å². The third kappa shape index (κ3) is 3.72. The van der Waals surface area contributed by atoms with E-state index >= 15 is 0 Å². The molecule has 0 unspecified atom stereocenters. The number of halogens is 1. The van der Waals surface area contributed by atoms with E-state index in [1.165, 1.54) is 23.6 Å². The predicted octanol–water partition coefficient (Wildman–Crippen LogP) is 3.58. The summed E-state index contributed by atoms with van der Waals surface area (Å²) in [5.74, 6) is -0.482. The highest BCUT2D eigenvalue weighted by atomic mass is 35.5. The average Bonchev–Trinajstić information content (AvgIpc) is 2.98. The minimum Gasteiger partial charge on any atom is -0.618 e. The fraction of sp³-hybridized carbons (Fsp3) is 0.118. The van der Waals surface area contributed by atoms with Gasteiger partial charge in [-0.25, -0.2) is 4.98 Å². The number of hydrogen-bond acceptors (Lipinski definition) is 4. The molecule has 2 heterocycles. The van der Waals surface area contributed by atoms with Crippen molar-refractivity contribution < 1.29 is 9.52 Å². The van der Waals surface area contributed by atoms with E-state index in [2.05, 4.69) is 10.3 Å². The Morgan fingerprint density at radius 1 is 1.38 bits per heavy atom. The number of nitrogens with zero attached hydrogens (tertiary/aromatic N) is 2. The molecule has 0 atom stereocenters. The van der Waals surface area contributed by atoms with Crippen LogP contribution < -0.4 is 10.0 Å². The lowest BCUT2D eigenvalue weighted by Crippen LogP contribution is -2.36. The number of anilines is 1. The van der Waals surface area contributed by atoms with Crippen molar-refractivity contribution >= 4 is 34.0 Å². The Hall–Kier alpha value is -2.44. The molecule has 3 aromatic rings. The van der Waals surface area contributed by atoms with Gasteiger partial charge in [0, 0.05) is 34.7 Å². The number of amides is 1. The van der Waals surface area contributed by atoms with Gasteiger partial charge in [0.05, 0.1) is 0 Å². The van der Waals surface area contributed by atoms with Gasteiger partial charge in [0.25, 0.3) is 5.69 Å². The van der Waals surface area contributed by atoms with E-state index in [1.54, 1.807) is 18.3 Å². The summed E-state index contributed by atoms with van der Waals surface area (Å²) < 4.78 is 0.526. The Bertz CT molecular complexity index is 895. The van der Waals surface area contributed by atoms with Gasteiger partial charge in [-0.05, 0) is 30.2 Å². The molecule has 0 radical (unpaired) electrons. The highest BCUT2D eigenvalue weighted by Gasteiger charge is 2.16. The number of rotatable bonds is 4. The Labute approximate surface area is 148 Å². The van der Waals surface area contributed by atoms with Crippen molar-refractivity contribution in [1.82, 2.24) is 4.98 Å². The van der Waals surface area contributed by atoms with Crippen LogP contribution in [-0.4, -0.2) is 10.9 Å². The van der Waals surface area contributed by atoms with Gasteiger partial charge < -0.3 is 5.21 Å². The summed E-state index contributed by atoms with van der Waals surface area (Å²) in [5, 5.41) is 15.4. The number of aryl methyl sites for hydroxylation is 1. The van der Waals surface area contributed by atoms with E-state index in [0.717, 1.165) is 21.0 Å². The van der Waals surface area contributed by atoms with Crippen LogP contribution in [0.4, 0.5) is 5.13 Å². The molecule has 1 amide bonds. The Balaban J connectivity index is 1.70. The summed E-state index contributed by atoms with van der Waals surface area (Å²) in [6.45, 7) is 1.96. The molecule has 0 fully saturated rings. The number of carbonyl (C=O) groups is 1. The third-order valence-corrected chi connectivity index (χ3v) is 4.77. The van der Waals surface area contributed by atoms with Crippen molar-refractivity contribution in [3.8, 4) is 0 Å². The molecule has 0 spiro atoms. The molecule has 0 aliphatic heterocycles. The van der Waals surface area contributed by atoms with E-state index in [0.29, 0.717) is 16.3 Å². The lowest BCUT2D eigenvalue weighted by molar-refractivity contribution is -0.607. The molecule has 122 valence electrons. The first-order chi connectivity index (χ1) is 11.5. The Kier molecular flexibility index (Phi) is 4.78. The Morgan fingerprint density at radius 2 is 2.21 bits per heavy atom. The predicted molar refractivity (Wildman–Crippen MR) is 94.5 cm³/mol. The van der Waals surface area contributed by atoms with Crippen molar-refractivity contribution in [2.75, 3.05) is 5.32 Å². The zero-order chi connectivity index (χ0) is 17.1. The molecular weight excluding hydrogens is 346 g/mol. The number of hydrogen-bond donors (Lipinski definition) is 1. The van der Waals surface area contributed by atoms with Crippen molar-refractivity contribution in [1.29, 1.82) is 0 Å². The van der Waals surface area contributed by atoms with Crippen LogP contribution in [0, 0.1) is 12.1 Å². The van der Waals surface area contributed by atoms with Gasteiger partial charge in [-0.1, -0.05) is 23.7 Å². The van der Waals surface area contributed by atoms with Crippen LogP contribution in [0.2, 0.25) is 5.02 Å². The molecule has 0 saturated heterocycles. The molecule has 0 aliphatic rings. The summed E-state index contributed by atoms with van der Waals surface area (Å²) in [6, 6.07) is 10.6. The summed E-state index contributed by atoms with van der Waals surface area (Å²) in [6.07, 6.45) is 3.67. The molecule has 2 aromatic heterocycles. The van der Waals surface area contributed by atoms with Crippen LogP contribution in [0.1, 0.15) is 26.5 Å². The first-order valence-corrected chi connectivity index (χ1v) is 8.41. The Morgan fingerprint density at radius 3 is 2.96 bits per heavy atom. The maximum atomic E-state index is 12.1. The van der Waals surface area contributed by atoms with Crippen LogP contribution in [0.5, 0.6) is 0 Å². The smallest absolute Gasteiger partial charge is 0.323 e. The van der Waals surface area contributed by atoms with Crippen molar-refractivity contribution in [2.24, 2.45) is 0 Å². The largest absolute Gasteiger partial charge is 0.618 e. The zero-order valence-corrected chi connectivity index (χ0v) is 14.4. The second-order valence-corrected chi connectivity index (χ2v) is 6.78. The van der Waals surface area contributed by atoms with Gasteiger partial charge in [0.15, 0.2) is 11.3 Å². The SMILES string of the molecule is Cc1ccc(Cc2cnc(NC(=O)c3cccc[n+]3[O-])s2)cc1Cl. The van der Waals surface area contributed by atoms with Gasteiger partial charge in [0.1, 0.15) is 0 Å². The van der Waals surface area contributed by atoms with Crippen LogP contribution in [-0.2, 0) is 6.42 Å². The second-order valence-electron chi connectivity index (χ2n) is 5.26. The van der Waals surface area contributed by atoms with Gasteiger partial charge in [-0.15, -0.1) is 11.3 Å². The summed E-state index contributed by atoms with van der Waals surface area (Å²) >= 11 is 7.50. The fourth-order valence-electron chi connectivity index (χ4n) is 2.16. The molecule has 3 rings (SSSR count). The molecular formula is C17H14ClN3O2S. The standard InChI is InChI=1S/C17H14ClN3O2S/c1-11-5-6-12(9-14(11)18)8-13-10-19-17(24-13)20-16(22)15-4-2-3-7-21(15)23/h2-7,9-10H,8H2,1H3,(H,19,20,22). The first kappa shape index (κ1) is 16.4. The van der Waals surface area contributed by atoms with Gasteiger partial charge in [0.2, 0.25) is 0 Å². The second kappa shape index (κ2) is 6.98. The molecule has 0 saturated carbocycles. The first-order valence-electron chi connectivity index (χ1n) is 7.22. The van der Waals surface area contributed by atoms with Crippen LogP contribution in [0.15, 0.2) is 48.8 Å². The lowest BCUT2D eigenvalue weighted by atomic mass is 10.1. The quantitative estimate of drug-likeness (QED) is 0.571. The number of aromatic nitrogens is 2. The van der Waals surface area contributed by atoms with E-state index in [9.17, 15) is 10.0 Å². The number of benzene rings is 1. The monoisotopic (exact) mass is 359 g/mol. The highest BCUT2D eigenvalue weighted by molar-refractivity contribution is 7.15. The third-order valence-electron chi connectivity index (χ3n) is 3.45. The van der Waals surface area contributed by atoms with Crippen LogP contribution >= 0.6 is 22.9 Å². The number of carbonyl (C=O) groups excluding carboxylic acids is 1. The zero-order valence-electron chi connectivity index (χ0n) is 12.8. The number of thiazole rings is 1. The maximum Gasteiger partial charge on any atom is 0.323 e. The maximum absolute atomic E-state index is 12.1. The number of pyridine rings is 1. The molecule has 24 heavy (non-hydrogen) atoms. The lowest BCUT2D eigenvalue weighted by Gasteiger charge is -2.03. The van der Waals surface area contributed by atoms with E-state index in [-0.39, 0.29) is 5.69 Å². The summed E-state index contributed by atoms with van der Waals surface area (Å²) in [7, 11) is 0.